The fourth-order valence-corrected chi connectivity index (χ4v) is 3.85. The van der Waals surface area contributed by atoms with Crippen molar-refractivity contribution in [1.29, 1.82) is 0 Å². The van der Waals surface area contributed by atoms with Crippen LogP contribution in [0.25, 0.3) is 16.6 Å². The van der Waals surface area contributed by atoms with E-state index in [4.69, 9.17) is 21.1 Å². The van der Waals surface area contributed by atoms with Crippen LogP contribution in [0.2, 0.25) is 5.02 Å². The first kappa shape index (κ1) is 20.0. The van der Waals surface area contributed by atoms with Crippen LogP contribution in [0.4, 0.5) is 0 Å². The highest BCUT2D eigenvalue weighted by Gasteiger charge is 2.25. The summed E-state index contributed by atoms with van der Waals surface area (Å²) >= 11 is 6.12. The maximum atomic E-state index is 13.0. The number of fused-ring (bicyclic) bond motifs is 1. The smallest absolute Gasteiger partial charge is 0.340 e. The molecule has 0 fully saturated rings. The molecule has 2 aromatic heterocycles. The van der Waals surface area contributed by atoms with Gasteiger partial charge in [-0.3, -0.25) is 0 Å². The molecule has 152 valence electrons. The molecule has 0 atom stereocenters. The molecular formula is C25H22ClNO3. The molecule has 2 aromatic carbocycles. The van der Waals surface area contributed by atoms with Crippen LogP contribution in [-0.4, -0.2) is 24.1 Å². The van der Waals surface area contributed by atoms with Crippen molar-refractivity contribution < 1.29 is 14.3 Å². The van der Waals surface area contributed by atoms with Gasteiger partial charge in [-0.25, -0.2) is 4.79 Å². The summed E-state index contributed by atoms with van der Waals surface area (Å²) in [6, 6.07) is 21.4. The molecule has 4 nitrogen and oxygen atoms in total. The minimum atomic E-state index is -0.327. The molecule has 0 saturated heterocycles. The van der Waals surface area contributed by atoms with Crippen LogP contribution >= 0.6 is 11.6 Å². The minimum Gasteiger partial charge on any atom is -0.497 e. The van der Waals surface area contributed by atoms with Crippen molar-refractivity contribution in [2.24, 2.45) is 0 Å². The number of esters is 1. The van der Waals surface area contributed by atoms with Crippen LogP contribution in [-0.2, 0) is 11.2 Å². The number of pyridine rings is 1. The molecular weight excluding hydrogens is 398 g/mol. The summed E-state index contributed by atoms with van der Waals surface area (Å²) in [4.78, 5) is 13.0. The molecule has 0 saturated carbocycles. The van der Waals surface area contributed by atoms with Crippen LogP contribution in [0.5, 0.6) is 5.75 Å². The lowest BCUT2D eigenvalue weighted by Gasteiger charge is -2.10. The van der Waals surface area contributed by atoms with Crippen LogP contribution in [0.15, 0.2) is 72.9 Å². The molecule has 0 bridgehead atoms. The van der Waals surface area contributed by atoms with Crippen LogP contribution < -0.4 is 4.74 Å². The van der Waals surface area contributed by atoms with Gasteiger partial charge in [0.2, 0.25) is 0 Å². The van der Waals surface area contributed by atoms with Gasteiger partial charge in [-0.1, -0.05) is 41.9 Å². The molecule has 0 amide bonds. The van der Waals surface area contributed by atoms with E-state index < -0.39 is 0 Å². The molecule has 0 radical (unpaired) electrons. The first-order chi connectivity index (χ1) is 14.6. The fraction of sp³-hybridized carbons (Fsp3) is 0.160. The lowest BCUT2D eigenvalue weighted by atomic mass is 9.97. The molecule has 2 heterocycles. The highest BCUT2D eigenvalue weighted by Crippen LogP contribution is 2.36. The van der Waals surface area contributed by atoms with E-state index in [-0.39, 0.29) is 5.97 Å². The number of rotatable bonds is 6. The van der Waals surface area contributed by atoms with Gasteiger partial charge < -0.3 is 13.9 Å². The van der Waals surface area contributed by atoms with Gasteiger partial charge in [0.15, 0.2) is 0 Å². The van der Waals surface area contributed by atoms with Gasteiger partial charge in [-0.15, -0.1) is 0 Å². The van der Waals surface area contributed by atoms with Crippen LogP contribution in [0, 0.1) is 0 Å². The van der Waals surface area contributed by atoms with Crippen molar-refractivity contribution in [2.45, 2.75) is 13.3 Å². The first-order valence-electron chi connectivity index (χ1n) is 9.80. The maximum Gasteiger partial charge on any atom is 0.340 e. The number of ether oxygens (including phenoxy) is 2. The number of halogens is 1. The van der Waals surface area contributed by atoms with E-state index in [0.717, 1.165) is 33.7 Å². The second kappa shape index (κ2) is 8.64. The second-order valence-electron chi connectivity index (χ2n) is 6.90. The first-order valence-corrected chi connectivity index (χ1v) is 10.2. The van der Waals surface area contributed by atoms with Gasteiger partial charge in [-0.05, 0) is 54.4 Å². The van der Waals surface area contributed by atoms with Gasteiger partial charge >= 0.3 is 5.97 Å². The maximum absolute atomic E-state index is 13.0. The summed E-state index contributed by atoms with van der Waals surface area (Å²) in [6.45, 7) is 2.13. The fourth-order valence-electron chi connectivity index (χ4n) is 3.72. The van der Waals surface area contributed by atoms with Crippen LogP contribution in [0.1, 0.15) is 28.5 Å². The molecule has 0 N–H and O–H groups in total. The zero-order valence-corrected chi connectivity index (χ0v) is 17.6. The Balaban J connectivity index is 1.95. The zero-order chi connectivity index (χ0) is 21.1. The van der Waals surface area contributed by atoms with E-state index >= 15 is 0 Å². The molecule has 30 heavy (non-hydrogen) atoms. The molecule has 0 aliphatic carbocycles. The Morgan fingerprint density at radius 1 is 1.00 bits per heavy atom. The Hall–Kier alpha value is -3.24. The van der Waals surface area contributed by atoms with Crippen LogP contribution in [0.3, 0.4) is 0 Å². The number of hydrogen-bond acceptors (Lipinski definition) is 3. The Labute approximate surface area is 180 Å². The number of methoxy groups -OCH3 is 1. The van der Waals surface area contributed by atoms with Crippen molar-refractivity contribution in [2.75, 3.05) is 13.7 Å². The molecule has 4 aromatic rings. The summed E-state index contributed by atoms with van der Waals surface area (Å²) in [5, 5.41) is 0.650. The molecule has 0 aliphatic heterocycles. The highest BCUT2D eigenvalue weighted by atomic mass is 35.5. The minimum absolute atomic E-state index is 0.316. The predicted molar refractivity (Wildman–Crippen MR) is 120 cm³/mol. The topological polar surface area (TPSA) is 39.9 Å². The van der Waals surface area contributed by atoms with Gasteiger partial charge in [-0.2, -0.15) is 0 Å². The Morgan fingerprint density at radius 3 is 2.40 bits per heavy atom. The normalized spacial score (nSPS) is 10.9. The van der Waals surface area contributed by atoms with E-state index in [9.17, 15) is 4.79 Å². The SMILES string of the molecule is CCOC(=O)c1c(-c2ccc(Cl)cc2)c(Cc2ccc(OC)cc2)n2ccccc12. The van der Waals surface area contributed by atoms with Crippen molar-refractivity contribution in [3.05, 3.63) is 94.8 Å². The molecule has 0 aliphatic rings. The van der Waals surface area contributed by atoms with E-state index in [1.54, 1.807) is 7.11 Å². The van der Waals surface area contributed by atoms with E-state index in [1.807, 2.05) is 79.9 Å². The number of aromatic nitrogens is 1. The Kier molecular flexibility index (Phi) is 5.77. The van der Waals surface area contributed by atoms with Gasteiger partial charge in [0.05, 0.1) is 24.8 Å². The summed E-state index contributed by atoms with van der Waals surface area (Å²) in [5.74, 6) is 0.482. The molecule has 0 unspecified atom stereocenters. The number of hydrogen-bond donors (Lipinski definition) is 0. The average molecular weight is 420 g/mol. The lowest BCUT2D eigenvalue weighted by molar-refractivity contribution is 0.0529. The molecule has 4 rings (SSSR count). The van der Waals surface area contributed by atoms with E-state index in [0.29, 0.717) is 23.6 Å². The largest absolute Gasteiger partial charge is 0.497 e. The number of benzene rings is 2. The zero-order valence-electron chi connectivity index (χ0n) is 16.9. The van der Waals surface area contributed by atoms with Gasteiger partial charge in [0.1, 0.15) is 5.75 Å². The highest BCUT2D eigenvalue weighted by molar-refractivity contribution is 6.30. The van der Waals surface area contributed by atoms with Crippen molar-refractivity contribution in [3.8, 4) is 16.9 Å². The Bertz CT molecular complexity index is 1180. The van der Waals surface area contributed by atoms with Crippen molar-refractivity contribution in [1.82, 2.24) is 4.40 Å². The summed E-state index contributed by atoms with van der Waals surface area (Å²) in [7, 11) is 1.65. The number of nitrogens with zero attached hydrogens (tertiary/aromatic N) is 1. The summed E-state index contributed by atoms with van der Waals surface area (Å²) in [5.41, 5.74) is 5.32. The number of carbonyl (C=O) groups is 1. The van der Waals surface area contributed by atoms with E-state index in [2.05, 4.69) is 4.40 Å². The van der Waals surface area contributed by atoms with Gasteiger partial charge in [0.25, 0.3) is 0 Å². The third kappa shape index (κ3) is 3.79. The predicted octanol–water partition coefficient (Wildman–Crippen LogP) is 6.04. The third-order valence-electron chi connectivity index (χ3n) is 5.09. The molecule has 5 heteroatoms. The van der Waals surface area contributed by atoms with E-state index in [1.165, 1.54) is 0 Å². The third-order valence-corrected chi connectivity index (χ3v) is 5.34. The Morgan fingerprint density at radius 2 is 1.73 bits per heavy atom. The summed E-state index contributed by atoms with van der Waals surface area (Å²) < 4.78 is 12.8. The average Bonchev–Trinajstić information content (AvgIpc) is 3.09. The summed E-state index contributed by atoms with van der Waals surface area (Å²) in [6.07, 6.45) is 2.63. The quantitative estimate of drug-likeness (QED) is 0.358. The lowest BCUT2D eigenvalue weighted by Crippen LogP contribution is -2.06. The van der Waals surface area contributed by atoms with Gasteiger partial charge in [0, 0.05) is 28.9 Å². The molecule has 0 spiro atoms. The second-order valence-corrected chi connectivity index (χ2v) is 7.34. The number of carbonyl (C=O) groups excluding carboxylic acids is 1. The monoisotopic (exact) mass is 419 g/mol. The van der Waals surface area contributed by atoms with Crippen molar-refractivity contribution in [3.63, 3.8) is 0 Å². The van der Waals surface area contributed by atoms with Crippen molar-refractivity contribution >= 4 is 23.1 Å². The standard InChI is InChI=1S/C25H22ClNO3/c1-3-30-25(28)24-21-6-4-5-15-27(21)22(16-17-7-13-20(29-2)14-8-17)23(24)18-9-11-19(26)12-10-18/h4-15H,3,16H2,1-2H3.